The zero-order valence-corrected chi connectivity index (χ0v) is 9.99. The second-order valence-corrected chi connectivity index (χ2v) is 4.63. The molecule has 0 aliphatic heterocycles. The molecule has 4 heteroatoms. The Morgan fingerprint density at radius 2 is 2.07 bits per heavy atom. The Hall–Kier alpha value is -1.16. The van der Waals surface area contributed by atoms with Crippen molar-refractivity contribution in [2.45, 2.75) is 33.6 Å². The van der Waals surface area contributed by atoms with E-state index in [2.05, 4.69) is 16.9 Å². The molecule has 2 rings (SSSR count). The molecule has 2 aromatic rings. The fourth-order valence-corrected chi connectivity index (χ4v) is 2.88. The summed E-state index contributed by atoms with van der Waals surface area (Å²) in [6, 6.07) is 0. The van der Waals surface area contributed by atoms with Gasteiger partial charge in [-0.2, -0.15) is 0 Å². The van der Waals surface area contributed by atoms with Crippen molar-refractivity contribution in [2.75, 3.05) is 0 Å². The van der Waals surface area contributed by atoms with E-state index in [9.17, 15) is 4.79 Å². The molecule has 0 aliphatic rings. The summed E-state index contributed by atoms with van der Waals surface area (Å²) in [5, 5.41) is 0.772. The van der Waals surface area contributed by atoms with E-state index >= 15 is 0 Å². The molecule has 0 aliphatic carbocycles. The molecule has 2 aromatic heterocycles. The number of aryl methyl sites for hydroxylation is 3. The maximum atomic E-state index is 11.8. The van der Waals surface area contributed by atoms with Crippen LogP contribution in [0.2, 0.25) is 0 Å². The van der Waals surface area contributed by atoms with Gasteiger partial charge in [0.25, 0.3) is 5.56 Å². The first-order chi connectivity index (χ1) is 7.17. The molecule has 0 unspecified atom stereocenters. The molecule has 0 bridgehead atoms. The van der Waals surface area contributed by atoms with Crippen molar-refractivity contribution in [2.24, 2.45) is 0 Å². The number of H-pyrrole nitrogens is 1. The van der Waals surface area contributed by atoms with E-state index in [-0.39, 0.29) is 5.56 Å². The minimum atomic E-state index is 0.00491. The lowest BCUT2D eigenvalue weighted by atomic mass is 10.2. The standard InChI is InChI=1S/C11H14N2OS/c1-4-7-6(3)9-10(14)12-8(5-2)13-11(9)15-7/h4-5H2,1-3H3,(H,12,13,14). The van der Waals surface area contributed by atoms with Gasteiger partial charge < -0.3 is 4.98 Å². The lowest BCUT2D eigenvalue weighted by molar-refractivity contribution is 0.947. The summed E-state index contributed by atoms with van der Waals surface area (Å²) in [7, 11) is 0. The van der Waals surface area contributed by atoms with Gasteiger partial charge in [0, 0.05) is 11.3 Å². The molecule has 1 N–H and O–H groups in total. The lowest BCUT2D eigenvalue weighted by Gasteiger charge is -1.95. The van der Waals surface area contributed by atoms with Crippen LogP contribution in [0.1, 0.15) is 30.1 Å². The second kappa shape index (κ2) is 3.77. The molecule has 0 spiro atoms. The van der Waals surface area contributed by atoms with E-state index in [1.165, 1.54) is 4.88 Å². The van der Waals surface area contributed by atoms with Crippen molar-refractivity contribution in [3.05, 3.63) is 26.6 Å². The summed E-state index contributed by atoms with van der Waals surface area (Å²) < 4.78 is 0. The first kappa shape index (κ1) is 10.4. The highest BCUT2D eigenvalue weighted by Gasteiger charge is 2.12. The minimum Gasteiger partial charge on any atom is -0.310 e. The maximum absolute atomic E-state index is 11.8. The van der Waals surface area contributed by atoms with Crippen LogP contribution in [0.15, 0.2) is 4.79 Å². The van der Waals surface area contributed by atoms with E-state index in [1.54, 1.807) is 11.3 Å². The molecule has 0 aromatic carbocycles. The number of aromatic amines is 1. The van der Waals surface area contributed by atoms with Gasteiger partial charge >= 0.3 is 0 Å². The number of hydrogen-bond acceptors (Lipinski definition) is 3. The SMILES string of the molecule is CCc1nc2sc(CC)c(C)c2c(=O)[nH]1. The van der Waals surface area contributed by atoms with E-state index in [1.807, 2.05) is 13.8 Å². The molecular weight excluding hydrogens is 208 g/mol. The minimum absolute atomic E-state index is 0.00491. The summed E-state index contributed by atoms with van der Waals surface area (Å²) in [4.78, 5) is 21.2. The molecule has 0 saturated carbocycles. The van der Waals surface area contributed by atoms with Crippen LogP contribution in [0, 0.1) is 6.92 Å². The predicted molar refractivity (Wildman–Crippen MR) is 63.7 cm³/mol. The third-order valence-corrected chi connectivity index (χ3v) is 3.93. The maximum Gasteiger partial charge on any atom is 0.259 e. The van der Waals surface area contributed by atoms with Crippen LogP contribution in [0.4, 0.5) is 0 Å². The van der Waals surface area contributed by atoms with Gasteiger partial charge in [0.1, 0.15) is 10.7 Å². The van der Waals surface area contributed by atoms with Crippen molar-refractivity contribution in [1.82, 2.24) is 9.97 Å². The van der Waals surface area contributed by atoms with Crippen molar-refractivity contribution in [1.29, 1.82) is 0 Å². The number of thiophene rings is 1. The number of rotatable bonds is 2. The molecule has 15 heavy (non-hydrogen) atoms. The van der Waals surface area contributed by atoms with Crippen molar-refractivity contribution >= 4 is 21.6 Å². The highest BCUT2D eigenvalue weighted by molar-refractivity contribution is 7.18. The molecule has 0 atom stereocenters. The Bertz CT molecular complexity index is 553. The molecular formula is C11H14N2OS. The van der Waals surface area contributed by atoms with Gasteiger partial charge in [0.2, 0.25) is 0 Å². The fraction of sp³-hybridized carbons (Fsp3) is 0.455. The smallest absolute Gasteiger partial charge is 0.259 e. The summed E-state index contributed by atoms with van der Waals surface area (Å²) >= 11 is 1.64. The number of fused-ring (bicyclic) bond motifs is 1. The molecule has 0 amide bonds. The van der Waals surface area contributed by atoms with Gasteiger partial charge in [-0.25, -0.2) is 4.98 Å². The van der Waals surface area contributed by atoms with Crippen LogP contribution >= 0.6 is 11.3 Å². The predicted octanol–water partition coefficient (Wildman–Crippen LogP) is 2.42. The van der Waals surface area contributed by atoms with E-state index in [0.717, 1.165) is 34.4 Å². The quantitative estimate of drug-likeness (QED) is 0.848. The summed E-state index contributed by atoms with van der Waals surface area (Å²) in [5.74, 6) is 0.774. The monoisotopic (exact) mass is 222 g/mol. The van der Waals surface area contributed by atoms with Crippen LogP contribution in [0.3, 0.4) is 0 Å². The molecule has 2 heterocycles. The number of nitrogens with one attached hydrogen (secondary N) is 1. The normalized spacial score (nSPS) is 11.1. The van der Waals surface area contributed by atoms with Crippen LogP contribution in [0.25, 0.3) is 10.2 Å². The number of hydrogen-bond donors (Lipinski definition) is 1. The van der Waals surface area contributed by atoms with Gasteiger partial charge in [-0.05, 0) is 18.9 Å². The van der Waals surface area contributed by atoms with Gasteiger partial charge in [-0.1, -0.05) is 13.8 Å². The Balaban J connectivity index is 2.83. The Labute approximate surface area is 92.2 Å². The van der Waals surface area contributed by atoms with E-state index in [0.29, 0.717) is 0 Å². The van der Waals surface area contributed by atoms with Gasteiger partial charge in [0.15, 0.2) is 0 Å². The van der Waals surface area contributed by atoms with Crippen molar-refractivity contribution in [3.63, 3.8) is 0 Å². The van der Waals surface area contributed by atoms with Gasteiger partial charge in [-0.15, -0.1) is 11.3 Å². The third-order valence-electron chi connectivity index (χ3n) is 2.60. The van der Waals surface area contributed by atoms with Crippen LogP contribution in [0.5, 0.6) is 0 Å². The van der Waals surface area contributed by atoms with Crippen LogP contribution < -0.4 is 5.56 Å². The first-order valence-corrected chi connectivity index (χ1v) is 6.00. The lowest BCUT2D eigenvalue weighted by Crippen LogP contribution is -2.10. The molecule has 80 valence electrons. The topological polar surface area (TPSA) is 45.8 Å². The Morgan fingerprint density at radius 3 is 2.67 bits per heavy atom. The Morgan fingerprint density at radius 1 is 1.33 bits per heavy atom. The molecule has 0 fully saturated rings. The summed E-state index contributed by atoms with van der Waals surface area (Å²) in [6.07, 6.45) is 1.73. The summed E-state index contributed by atoms with van der Waals surface area (Å²) in [5.41, 5.74) is 1.10. The van der Waals surface area contributed by atoms with E-state index < -0.39 is 0 Å². The zero-order valence-electron chi connectivity index (χ0n) is 9.18. The van der Waals surface area contributed by atoms with Crippen LogP contribution in [-0.4, -0.2) is 9.97 Å². The number of aromatic nitrogens is 2. The first-order valence-electron chi connectivity index (χ1n) is 5.18. The highest BCUT2D eigenvalue weighted by Crippen LogP contribution is 2.26. The average Bonchev–Trinajstić information content (AvgIpc) is 2.55. The average molecular weight is 222 g/mol. The van der Waals surface area contributed by atoms with Crippen molar-refractivity contribution < 1.29 is 0 Å². The molecule has 0 radical (unpaired) electrons. The van der Waals surface area contributed by atoms with Gasteiger partial charge in [-0.3, -0.25) is 4.79 Å². The van der Waals surface area contributed by atoms with Gasteiger partial charge in [0.05, 0.1) is 5.39 Å². The van der Waals surface area contributed by atoms with Crippen molar-refractivity contribution in [3.8, 4) is 0 Å². The molecule has 0 saturated heterocycles. The fourth-order valence-electron chi connectivity index (χ4n) is 1.74. The second-order valence-electron chi connectivity index (χ2n) is 3.55. The third kappa shape index (κ3) is 1.59. The van der Waals surface area contributed by atoms with Crippen LogP contribution in [-0.2, 0) is 12.8 Å². The van der Waals surface area contributed by atoms with E-state index in [4.69, 9.17) is 0 Å². The molecule has 3 nitrogen and oxygen atoms in total. The number of nitrogens with zero attached hydrogens (tertiary/aromatic N) is 1. The summed E-state index contributed by atoms with van der Waals surface area (Å²) in [6.45, 7) is 6.10. The zero-order chi connectivity index (χ0) is 11.0. The largest absolute Gasteiger partial charge is 0.310 e. The Kier molecular flexibility index (Phi) is 2.61. The highest BCUT2D eigenvalue weighted by atomic mass is 32.1.